The standard InChI is InChI=1S/C23H27F2N5O/c1-14-4-3-5-16(6-14)12-27-13-21(31)20(10-17-8-18(24)11-19(25)9-17)29-22-7-15(2)28-23(26)30-22/h3-9,11,20-21,27,31H,10,12-13H2,1-2H3,(H3,26,28,29,30). The van der Waals surface area contributed by atoms with Gasteiger partial charge in [-0.3, -0.25) is 0 Å². The lowest BCUT2D eigenvalue weighted by molar-refractivity contribution is 0.148. The second kappa shape index (κ2) is 10.3. The van der Waals surface area contributed by atoms with E-state index < -0.39 is 23.8 Å². The van der Waals surface area contributed by atoms with Gasteiger partial charge in [0, 0.05) is 30.9 Å². The third-order valence-corrected chi connectivity index (χ3v) is 4.81. The van der Waals surface area contributed by atoms with Crippen LogP contribution in [0.2, 0.25) is 0 Å². The third-order valence-electron chi connectivity index (χ3n) is 4.81. The molecule has 0 saturated carbocycles. The molecular formula is C23H27F2N5O. The van der Waals surface area contributed by atoms with Gasteiger partial charge in [0.2, 0.25) is 5.95 Å². The fourth-order valence-corrected chi connectivity index (χ4v) is 3.45. The van der Waals surface area contributed by atoms with E-state index in [0.717, 1.165) is 17.2 Å². The summed E-state index contributed by atoms with van der Waals surface area (Å²) in [6, 6.07) is 12.5. The topological polar surface area (TPSA) is 96.1 Å². The Labute approximate surface area is 180 Å². The predicted octanol–water partition coefficient (Wildman–Crippen LogP) is 3.13. The number of hydrogen-bond donors (Lipinski definition) is 4. The Morgan fingerprint density at radius 1 is 1.00 bits per heavy atom. The van der Waals surface area contributed by atoms with Crippen LogP contribution in [0.1, 0.15) is 22.4 Å². The molecule has 2 unspecified atom stereocenters. The highest BCUT2D eigenvalue weighted by atomic mass is 19.1. The van der Waals surface area contributed by atoms with E-state index in [2.05, 4.69) is 26.7 Å². The first-order valence-corrected chi connectivity index (χ1v) is 10.1. The van der Waals surface area contributed by atoms with E-state index in [1.807, 2.05) is 25.1 Å². The van der Waals surface area contributed by atoms with Crippen molar-refractivity contribution in [2.24, 2.45) is 0 Å². The molecule has 0 bridgehead atoms. The summed E-state index contributed by atoms with van der Waals surface area (Å²) in [7, 11) is 0. The smallest absolute Gasteiger partial charge is 0.222 e. The quantitative estimate of drug-likeness (QED) is 0.419. The molecule has 3 aromatic rings. The Morgan fingerprint density at radius 2 is 1.74 bits per heavy atom. The zero-order valence-corrected chi connectivity index (χ0v) is 17.6. The normalized spacial score (nSPS) is 13.1. The van der Waals surface area contributed by atoms with E-state index in [-0.39, 0.29) is 18.9 Å². The largest absolute Gasteiger partial charge is 0.390 e. The lowest BCUT2D eigenvalue weighted by Gasteiger charge is -2.25. The molecule has 0 fully saturated rings. The monoisotopic (exact) mass is 427 g/mol. The van der Waals surface area contributed by atoms with Crippen molar-refractivity contribution in [1.29, 1.82) is 0 Å². The van der Waals surface area contributed by atoms with Crippen LogP contribution in [0.5, 0.6) is 0 Å². The molecular weight excluding hydrogens is 400 g/mol. The summed E-state index contributed by atoms with van der Waals surface area (Å²) >= 11 is 0. The highest BCUT2D eigenvalue weighted by Gasteiger charge is 2.21. The van der Waals surface area contributed by atoms with Crippen LogP contribution >= 0.6 is 0 Å². The molecule has 2 aromatic carbocycles. The zero-order valence-electron chi connectivity index (χ0n) is 17.6. The second-order valence-electron chi connectivity index (χ2n) is 7.67. The van der Waals surface area contributed by atoms with Gasteiger partial charge in [-0.1, -0.05) is 29.8 Å². The van der Waals surface area contributed by atoms with Gasteiger partial charge in [-0.25, -0.2) is 13.8 Å². The number of nitrogen functional groups attached to an aromatic ring is 1. The van der Waals surface area contributed by atoms with Gasteiger partial charge in [0.15, 0.2) is 0 Å². The Kier molecular flexibility index (Phi) is 7.49. The highest BCUT2D eigenvalue weighted by molar-refractivity contribution is 5.42. The molecule has 2 atom stereocenters. The van der Waals surface area contributed by atoms with Gasteiger partial charge in [-0.2, -0.15) is 4.98 Å². The molecule has 3 rings (SSSR count). The Hall–Kier alpha value is -3.10. The number of anilines is 2. The summed E-state index contributed by atoms with van der Waals surface area (Å²) in [5.41, 5.74) is 9.07. The van der Waals surface area contributed by atoms with Crippen LogP contribution < -0.4 is 16.4 Å². The number of aromatic nitrogens is 2. The fraction of sp³-hybridized carbons (Fsp3) is 0.304. The average molecular weight is 427 g/mol. The van der Waals surface area contributed by atoms with Gasteiger partial charge in [0.1, 0.15) is 17.5 Å². The molecule has 0 aliphatic carbocycles. The van der Waals surface area contributed by atoms with Gasteiger partial charge < -0.3 is 21.5 Å². The third kappa shape index (κ3) is 6.97. The highest BCUT2D eigenvalue weighted by Crippen LogP contribution is 2.16. The minimum atomic E-state index is -0.868. The Bertz CT molecular complexity index is 937. The molecule has 1 aromatic heterocycles. The van der Waals surface area contributed by atoms with Crippen LogP contribution in [0.15, 0.2) is 48.5 Å². The van der Waals surface area contributed by atoms with Crippen molar-refractivity contribution in [1.82, 2.24) is 15.3 Å². The molecule has 0 amide bonds. The van der Waals surface area contributed by atoms with Gasteiger partial charge in [-0.05, 0) is 43.5 Å². The van der Waals surface area contributed by atoms with Gasteiger partial charge >= 0.3 is 0 Å². The molecule has 0 aliphatic rings. The minimum Gasteiger partial charge on any atom is -0.390 e. The molecule has 31 heavy (non-hydrogen) atoms. The first kappa shape index (κ1) is 22.6. The maximum atomic E-state index is 13.7. The van der Waals surface area contributed by atoms with Crippen molar-refractivity contribution < 1.29 is 13.9 Å². The van der Waals surface area contributed by atoms with Crippen LogP contribution in [-0.2, 0) is 13.0 Å². The van der Waals surface area contributed by atoms with Crippen molar-refractivity contribution in [3.8, 4) is 0 Å². The van der Waals surface area contributed by atoms with Crippen molar-refractivity contribution in [2.75, 3.05) is 17.6 Å². The summed E-state index contributed by atoms with van der Waals surface area (Å²) < 4.78 is 27.3. The number of aliphatic hydroxyl groups excluding tert-OH is 1. The number of nitrogens with one attached hydrogen (secondary N) is 2. The average Bonchev–Trinajstić information content (AvgIpc) is 2.66. The lowest BCUT2D eigenvalue weighted by Crippen LogP contribution is -2.42. The van der Waals surface area contributed by atoms with Gasteiger partial charge in [-0.15, -0.1) is 0 Å². The molecule has 164 valence electrons. The van der Waals surface area contributed by atoms with Gasteiger partial charge in [0.25, 0.3) is 0 Å². The molecule has 0 aliphatic heterocycles. The number of aryl methyl sites for hydroxylation is 2. The number of benzene rings is 2. The summed E-state index contributed by atoms with van der Waals surface area (Å²) in [6.07, 6.45) is -0.682. The first-order valence-electron chi connectivity index (χ1n) is 10.1. The van der Waals surface area contributed by atoms with Crippen LogP contribution in [0.25, 0.3) is 0 Å². The molecule has 0 saturated heterocycles. The maximum Gasteiger partial charge on any atom is 0.222 e. The Morgan fingerprint density at radius 3 is 2.42 bits per heavy atom. The van der Waals surface area contributed by atoms with Crippen molar-refractivity contribution in [2.45, 2.75) is 39.0 Å². The molecule has 0 spiro atoms. The zero-order chi connectivity index (χ0) is 22.4. The fourth-order valence-electron chi connectivity index (χ4n) is 3.45. The Balaban J connectivity index is 1.73. The van der Waals surface area contributed by atoms with Crippen LogP contribution in [0.4, 0.5) is 20.5 Å². The van der Waals surface area contributed by atoms with E-state index in [1.165, 1.54) is 12.1 Å². The summed E-state index contributed by atoms with van der Waals surface area (Å²) in [4.78, 5) is 8.18. The van der Waals surface area contributed by atoms with E-state index in [0.29, 0.717) is 23.6 Å². The van der Waals surface area contributed by atoms with E-state index in [4.69, 9.17) is 5.73 Å². The van der Waals surface area contributed by atoms with Crippen molar-refractivity contribution in [3.05, 3.63) is 82.5 Å². The van der Waals surface area contributed by atoms with Crippen molar-refractivity contribution in [3.63, 3.8) is 0 Å². The van der Waals surface area contributed by atoms with Crippen molar-refractivity contribution >= 4 is 11.8 Å². The van der Waals surface area contributed by atoms with Crippen LogP contribution in [-0.4, -0.2) is 33.8 Å². The summed E-state index contributed by atoms with van der Waals surface area (Å²) in [6.45, 7) is 4.65. The summed E-state index contributed by atoms with van der Waals surface area (Å²) in [5, 5.41) is 17.2. The number of halogens is 2. The van der Waals surface area contributed by atoms with E-state index >= 15 is 0 Å². The molecule has 6 nitrogen and oxygen atoms in total. The number of aliphatic hydroxyl groups is 1. The van der Waals surface area contributed by atoms with Crippen LogP contribution in [0.3, 0.4) is 0 Å². The minimum absolute atomic E-state index is 0.102. The first-order chi connectivity index (χ1) is 14.8. The molecule has 8 heteroatoms. The number of hydrogen-bond acceptors (Lipinski definition) is 6. The number of nitrogens with two attached hydrogens (primary N) is 1. The molecule has 5 N–H and O–H groups in total. The SMILES string of the molecule is Cc1cccc(CNCC(O)C(Cc2cc(F)cc(F)c2)Nc2cc(C)nc(N)n2)c1. The summed E-state index contributed by atoms with van der Waals surface area (Å²) in [5.74, 6) is -0.791. The van der Waals surface area contributed by atoms with Gasteiger partial charge in [0.05, 0.1) is 12.1 Å². The molecule has 0 radical (unpaired) electrons. The predicted molar refractivity (Wildman–Crippen MR) is 118 cm³/mol. The number of nitrogens with zero attached hydrogens (tertiary/aromatic N) is 2. The van der Waals surface area contributed by atoms with E-state index in [1.54, 1.807) is 13.0 Å². The lowest BCUT2D eigenvalue weighted by atomic mass is 10.0. The number of rotatable bonds is 9. The van der Waals surface area contributed by atoms with Crippen LogP contribution in [0, 0.1) is 25.5 Å². The maximum absolute atomic E-state index is 13.7. The molecule has 1 heterocycles. The van der Waals surface area contributed by atoms with E-state index in [9.17, 15) is 13.9 Å². The second-order valence-corrected chi connectivity index (χ2v) is 7.67.